The lowest BCUT2D eigenvalue weighted by atomic mass is 10.1. The maximum absolute atomic E-state index is 13.2. The number of hydrogen-bond acceptors (Lipinski definition) is 5. The number of hydrogen-bond donors (Lipinski definition) is 1. The highest BCUT2D eigenvalue weighted by Gasteiger charge is 2.26. The van der Waals surface area contributed by atoms with Crippen molar-refractivity contribution in [2.45, 2.75) is 39.3 Å². The molecule has 2 amide bonds. The summed E-state index contributed by atoms with van der Waals surface area (Å²) < 4.78 is 31.2. The van der Waals surface area contributed by atoms with Gasteiger partial charge in [0, 0.05) is 26.1 Å². The average Bonchev–Trinajstić information content (AvgIpc) is 2.81. The number of carbonyl (C=O) groups excluding carboxylic acids is 2. The lowest BCUT2D eigenvalue weighted by Crippen LogP contribution is -2.47. The fraction of sp³-hybridized carbons (Fsp3) is 0.417. The molecule has 0 heterocycles. The quantitative estimate of drug-likeness (QED) is 0.434. The van der Waals surface area contributed by atoms with Crippen molar-refractivity contribution in [2.24, 2.45) is 0 Å². The van der Waals surface area contributed by atoms with Crippen molar-refractivity contribution in [3.63, 3.8) is 0 Å². The molecule has 35 heavy (non-hydrogen) atoms. The van der Waals surface area contributed by atoms with Crippen LogP contribution in [-0.2, 0) is 26.2 Å². The highest BCUT2D eigenvalue weighted by Crippen LogP contribution is 2.25. The van der Waals surface area contributed by atoms with E-state index >= 15 is 0 Å². The molecule has 0 bridgehead atoms. The van der Waals surface area contributed by atoms with Crippen LogP contribution in [0.4, 0.5) is 5.69 Å². The summed E-state index contributed by atoms with van der Waals surface area (Å²) in [7, 11) is -2.05. The van der Waals surface area contributed by atoms with Crippen LogP contribution in [-0.4, -0.2) is 57.6 Å². The Balaban J connectivity index is 2.17. The number of likely N-dealkylation sites (N-methyl/N-ethyl adjacent to an activating group) is 1. The molecule has 0 fully saturated rings. The van der Waals surface area contributed by atoms with Gasteiger partial charge >= 0.3 is 0 Å². The number of nitrogens with zero attached hydrogens (tertiary/aromatic N) is 2. The Labute approximate surface area is 217 Å². The number of sulfonamides is 1. The van der Waals surface area contributed by atoms with Crippen LogP contribution in [0.25, 0.3) is 0 Å². The summed E-state index contributed by atoms with van der Waals surface area (Å²) in [5.74, 6) is 0.0459. The minimum atomic E-state index is -3.57. The summed E-state index contributed by atoms with van der Waals surface area (Å²) in [4.78, 5) is 27.2. The highest BCUT2D eigenvalue weighted by atomic mass is 35.5. The van der Waals surface area contributed by atoms with E-state index in [-0.39, 0.29) is 37.7 Å². The Morgan fingerprint density at radius 3 is 2.29 bits per heavy atom. The standard InChI is InChI=1S/C24H31Cl2N3O5S/c1-5-27-24(31)17(2)28(16-18-8-13-21(25)22(26)15-18)23(30)7-6-14-29(35(4,32)33)19-9-11-20(34-3)12-10-19/h8-13,15,17H,5-7,14,16H2,1-4H3,(H,27,31)/t17-/m0/s1. The lowest BCUT2D eigenvalue weighted by molar-refractivity contribution is -0.140. The number of benzene rings is 2. The van der Waals surface area contributed by atoms with Gasteiger partial charge < -0.3 is 15.0 Å². The average molecular weight is 545 g/mol. The van der Waals surface area contributed by atoms with Crippen LogP contribution in [0.3, 0.4) is 0 Å². The van der Waals surface area contributed by atoms with Crippen molar-refractivity contribution in [2.75, 3.05) is 30.8 Å². The van der Waals surface area contributed by atoms with Crippen molar-refractivity contribution in [3.8, 4) is 5.75 Å². The van der Waals surface area contributed by atoms with Gasteiger partial charge in [0.25, 0.3) is 0 Å². The van der Waals surface area contributed by atoms with Crippen molar-refractivity contribution in [3.05, 3.63) is 58.1 Å². The fourth-order valence-corrected chi connectivity index (χ4v) is 4.78. The number of nitrogens with one attached hydrogen (secondary N) is 1. The van der Waals surface area contributed by atoms with Crippen LogP contribution in [0.2, 0.25) is 10.0 Å². The predicted molar refractivity (Wildman–Crippen MR) is 140 cm³/mol. The molecule has 0 saturated heterocycles. The molecule has 1 N–H and O–H groups in total. The number of rotatable bonds is 12. The van der Waals surface area contributed by atoms with Crippen LogP contribution in [0.5, 0.6) is 5.75 Å². The first-order chi connectivity index (χ1) is 16.5. The Morgan fingerprint density at radius 1 is 1.09 bits per heavy atom. The predicted octanol–water partition coefficient (Wildman–Crippen LogP) is 4.10. The van der Waals surface area contributed by atoms with Gasteiger partial charge in [-0.2, -0.15) is 0 Å². The van der Waals surface area contributed by atoms with Crippen molar-refractivity contribution >= 4 is 50.7 Å². The number of amides is 2. The molecule has 0 radical (unpaired) electrons. The smallest absolute Gasteiger partial charge is 0.242 e. The SMILES string of the molecule is CCNC(=O)[C@H](C)N(Cc1ccc(Cl)c(Cl)c1)C(=O)CCCN(c1ccc(OC)cc1)S(C)(=O)=O. The van der Waals surface area contributed by atoms with E-state index in [0.717, 1.165) is 11.8 Å². The van der Waals surface area contributed by atoms with Gasteiger partial charge in [0.05, 0.1) is 29.1 Å². The number of halogens is 2. The van der Waals surface area contributed by atoms with E-state index in [0.29, 0.717) is 28.0 Å². The Kier molecular flexibility index (Phi) is 10.7. The van der Waals surface area contributed by atoms with Crippen molar-refractivity contribution < 1.29 is 22.7 Å². The molecule has 2 aromatic rings. The van der Waals surface area contributed by atoms with Crippen LogP contribution in [0.15, 0.2) is 42.5 Å². The maximum Gasteiger partial charge on any atom is 0.242 e. The zero-order valence-electron chi connectivity index (χ0n) is 20.3. The summed E-state index contributed by atoms with van der Waals surface area (Å²) >= 11 is 12.1. The van der Waals surface area contributed by atoms with Crippen LogP contribution in [0, 0.1) is 0 Å². The summed E-state index contributed by atoms with van der Waals surface area (Å²) in [5, 5.41) is 3.48. The monoisotopic (exact) mass is 543 g/mol. The van der Waals surface area contributed by atoms with E-state index in [2.05, 4.69) is 5.32 Å². The van der Waals surface area contributed by atoms with Gasteiger partial charge in [-0.3, -0.25) is 13.9 Å². The molecule has 8 nitrogen and oxygen atoms in total. The summed E-state index contributed by atoms with van der Waals surface area (Å²) in [6.45, 7) is 4.15. The Hall–Kier alpha value is -2.49. The molecule has 0 aliphatic rings. The lowest BCUT2D eigenvalue weighted by Gasteiger charge is -2.29. The van der Waals surface area contributed by atoms with E-state index in [4.69, 9.17) is 27.9 Å². The van der Waals surface area contributed by atoms with Crippen LogP contribution in [0.1, 0.15) is 32.3 Å². The van der Waals surface area contributed by atoms with Gasteiger partial charge in [-0.15, -0.1) is 0 Å². The third-order valence-electron chi connectivity index (χ3n) is 5.37. The molecule has 1 atom stereocenters. The van der Waals surface area contributed by atoms with E-state index in [1.807, 2.05) is 0 Å². The van der Waals surface area contributed by atoms with Gasteiger partial charge in [-0.05, 0) is 62.2 Å². The number of methoxy groups -OCH3 is 1. The second-order valence-electron chi connectivity index (χ2n) is 7.98. The normalized spacial score (nSPS) is 12.1. The summed E-state index contributed by atoms with van der Waals surface area (Å²) in [6.07, 6.45) is 1.43. The first-order valence-corrected chi connectivity index (χ1v) is 13.7. The van der Waals surface area contributed by atoms with Crippen LogP contribution < -0.4 is 14.4 Å². The zero-order valence-corrected chi connectivity index (χ0v) is 22.6. The van der Waals surface area contributed by atoms with E-state index in [9.17, 15) is 18.0 Å². The molecule has 192 valence electrons. The van der Waals surface area contributed by atoms with E-state index < -0.39 is 16.1 Å². The topological polar surface area (TPSA) is 96.0 Å². The van der Waals surface area contributed by atoms with Gasteiger partial charge in [0.1, 0.15) is 11.8 Å². The molecular weight excluding hydrogens is 513 g/mol. The Bertz CT molecular complexity index is 1130. The maximum atomic E-state index is 13.2. The first-order valence-electron chi connectivity index (χ1n) is 11.1. The van der Waals surface area contributed by atoms with Gasteiger partial charge in [0.2, 0.25) is 21.8 Å². The van der Waals surface area contributed by atoms with Gasteiger partial charge in [0.15, 0.2) is 0 Å². The molecule has 0 aliphatic carbocycles. The van der Waals surface area contributed by atoms with Crippen molar-refractivity contribution in [1.82, 2.24) is 10.2 Å². The Morgan fingerprint density at radius 2 is 1.74 bits per heavy atom. The molecule has 0 aromatic heterocycles. The molecule has 0 aliphatic heterocycles. The number of carbonyl (C=O) groups is 2. The first kappa shape index (κ1) is 28.7. The third-order valence-corrected chi connectivity index (χ3v) is 7.30. The molecule has 11 heteroatoms. The van der Waals surface area contributed by atoms with E-state index in [1.54, 1.807) is 56.3 Å². The molecule has 2 rings (SSSR count). The fourth-order valence-electron chi connectivity index (χ4n) is 3.49. The van der Waals surface area contributed by atoms with Gasteiger partial charge in [-0.1, -0.05) is 29.3 Å². The number of anilines is 1. The summed E-state index contributed by atoms with van der Waals surface area (Å²) in [5.41, 5.74) is 1.20. The molecule has 2 aromatic carbocycles. The summed E-state index contributed by atoms with van der Waals surface area (Å²) in [6, 6.07) is 10.9. The highest BCUT2D eigenvalue weighted by molar-refractivity contribution is 7.92. The molecule has 0 saturated carbocycles. The largest absolute Gasteiger partial charge is 0.497 e. The van der Waals surface area contributed by atoms with Crippen LogP contribution >= 0.6 is 23.2 Å². The second-order valence-corrected chi connectivity index (χ2v) is 10.7. The molecule has 0 unspecified atom stereocenters. The second kappa shape index (κ2) is 13.0. The molecular formula is C24H31Cl2N3O5S. The minimum Gasteiger partial charge on any atom is -0.497 e. The van der Waals surface area contributed by atoms with Crippen molar-refractivity contribution in [1.29, 1.82) is 0 Å². The van der Waals surface area contributed by atoms with Gasteiger partial charge in [-0.25, -0.2) is 8.42 Å². The third kappa shape index (κ3) is 8.30. The molecule has 0 spiro atoms. The van der Waals surface area contributed by atoms with E-state index in [1.165, 1.54) is 16.3 Å². The zero-order chi connectivity index (χ0) is 26.2. The number of ether oxygens (including phenoxy) is 1. The minimum absolute atomic E-state index is 0.0489.